The van der Waals surface area contributed by atoms with Gasteiger partial charge in [0.1, 0.15) is 0 Å². The lowest BCUT2D eigenvalue weighted by Crippen LogP contribution is -2.48. The maximum Gasteiger partial charge on any atom is 0.222 e. The fraction of sp³-hybridized carbons (Fsp3) is 0.929. The van der Waals surface area contributed by atoms with Gasteiger partial charge in [0, 0.05) is 31.6 Å². The highest BCUT2D eigenvalue weighted by atomic mass is 16.2. The molecule has 1 amide bonds. The van der Waals surface area contributed by atoms with E-state index in [2.05, 4.69) is 19.2 Å². The van der Waals surface area contributed by atoms with Crippen LogP contribution >= 0.6 is 0 Å². The van der Waals surface area contributed by atoms with E-state index in [1.807, 2.05) is 11.9 Å². The first-order valence-corrected chi connectivity index (χ1v) is 7.11. The molecule has 17 heavy (non-hydrogen) atoms. The van der Waals surface area contributed by atoms with Crippen molar-refractivity contribution in [3.63, 3.8) is 0 Å². The summed E-state index contributed by atoms with van der Waals surface area (Å²) in [5.74, 6) is 0.856. The van der Waals surface area contributed by atoms with Crippen molar-refractivity contribution >= 4 is 5.91 Å². The third kappa shape index (κ3) is 3.01. The molecule has 0 aliphatic carbocycles. The van der Waals surface area contributed by atoms with Crippen LogP contribution < -0.4 is 5.32 Å². The minimum absolute atomic E-state index is 0.339. The molecule has 0 aromatic rings. The highest BCUT2D eigenvalue weighted by Crippen LogP contribution is 2.29. The number of rotatable bonds is 4. The first kappa shape index (κ1) is 12.9. The highest BCUT2D eigenvalue weighted by Gasteiger charge is 2.36. The molecule has 2 aliphatic rings. The number of hydrogen-bond acceptors (Lipinski definition) is 2. The Kier molecular flexibility index (Phi) is 4.08. The highest BCUT2D eigenvalue weighted by molar-refractivity contribution is 5.76. The Bertz CT molecular complexity index is 267. The van der Waals surface area contributed by atoms with Crippen molar-refractivity contribution < 1.29 is 4.79 Å². The quantitative estimate of drug-likeness (QED) is 0.814. The summed E-state index contributed by atoms with van der Waals surface area (Å²) in [6.07, 6.45) is 6.71. The van der Waals surface area contributed by atoms with Crippen molar-refractivity contribution in [3.05, 3.63) is 0 Å². The van der Waals surface area contributed by atoms with Crippen LogP contribution in [0, 0.1) is 5.92 Å². The smallest absolute Gasteiger partial charge is 0.222 e. The van der Waals surface area contributed by atoms with E-state index in [4.69, 9.17) is 0 Å². The molecular formula is C14H26N2O. The average Bonchev–Trinajstić information content (AvgIpc) is 2.66. The topological polar surface area (TPSA) is 32.3 Å². The van der Waals surface area contributed by atoms with Gasteiger partial charge in [-0.1, -0.05) is 20.3 Å². The molecule has 3 heteroatoms. The lowest BCUT2D eigenvalue weighted by atomic mass is 9.97. The number of carbonyl (C=O) groups excluding carboxylic acids is 1. The van der Waals surface area contributed by atoms with Crippen molar-refractivity contribution in [2.45, 2.75) is 70.5 Å². The molecule has 3 atom stereocenters. The van der Waals surface area contributed by atoms with Crippen LogP contribution in [0.4, 0.5) is 0 Å². The van der Waals surface area contributed by atoms with Gasteiger partial charge in [0.2, 0.25) is 5.91 Å². The maximum atomic E-state index is 12.2. The first-order valence-electron chi connectivity index (χ1n) is 7.11. The molecule has 98 valence electrons. The molecule has 2 bridgehead atoms. The summed E-state index contributed by atoms with van der Waals surface area (Å²) in [5.41, 5.74) is 0. The first-order chi connectivity index (χ1) is 8.10. The van der Waals surface area contributed by atoms with Gasteiger partial charge in [-0.15, -0.1) is 0 Å². The van der Waals surface area contributed by atoms with Gasteiger partial charge in [-0.05, 0) is 31.6 Å². The minimum atomic E-state index is 0.339. The summed E-state index contributed by atoms with van der Waals surface area (Å²) in [7, 11) is 2.00. The maximum absolute atomic E-state index is 12.2. The summed E-state index contributed by atoms with van der Waals surface area (Å²) in [5, 5.41) is 3.63. The number of nitrogens with one attached hydrogen (secondary N) is 1. The lowest BCUT2D eigenvalue weighted by Gasteiger charge is -2.36. The molecule has 0 aromatic heterocycles. The Morgan fingerprint density at radius 2 is 1.94 bits per heavy atom. The van der Waals surface area contributed by atoms with Crippen LogP contribution in [-0.4, -0.2) is 36.0 Å². The zero-order valence-corrected chi connectivity index (χ0v) is 11.4. The van der Waals surface area contributed by atoms with E-state index in [0.717, 1.165) is 19.3 Å². The van der Waals surface area contributed by atoms with Crippen molar-refractivity contribution in [3.8, 4) is 0 Å². The fourth-order valence-corrected chi connectivity index (χ4v) is 3.13. The van der Waals surface area contributed by atoms with Crippen LogP contribution in [0.2, 0.25) is 0 Å². The number of hydrogen-bond donors (Lipinski definition) is 1. The Balaban J connectivity index is 1.86. The van der Waals surface area contributed by atoms with Crippen LogP contribution in [0.15, 0.2) is 0 Å². The summed E-state index contributed by atoms with van der Waals surface area (Å²) >= 11 is 0. The summed E-state index contributed by atoms with van der Waals surface area (Å²) in [6.45, 7) is 4.32. The molecule has 2 saturated heterocycles. The lowest BCUT2D eigenvalue weighted by molar-refractivity contribution is -0.133. The van der Waals surface area contributed by atoms with Gasteiger partial charge in [-0.3, -0.25) is 4.79 Å². The van der Waals surface area contributed by atoms with E-state index in [1.165, 1.54) is 12.8 Å². The Labute approximate surface area is 105 Å². The van der Waals surface area contributed by atoms with Gasteiger partial charge in [0.05, 0.1) is 0 Å². The van der Waals surface area contributed by atoms with Gasteiger partial charge in [0.25, 0.3) is 0 Å². The van der Waals surface area contributed by atoms with Crippen LogP contribution in [-0.2, 0) is 4.79 Å². The molecule has 0 aromatic carbocycles. The van der Waals surface area contributed by atoms with Crippen molar-refractivity contribution in [2.24, 2.45) is 5.92 Å². The van der Waals surface area contributed by atoms with E-state index in [-0.39, 0.29) is 0 Å². The van der Waals surface area contributed by atoms with Crippen molar-refractivity contribution in [2.75, 3.05) is 7.05 Å². The third-order valence-electron chi connectivity index (χ3n) is 4.61. The predicted molar refractivity (Wildman–Crippen MR) is 69.8 cm³/mol. The number of fused-ring (bicyclic) bond motifs is 2. The molecule has 3 nitrogen and oxygen atoms in total. The van der Waals surface area contributed by atoms with Crippen LogP contribution in [0.1, 0.15) is 52.4 Å². The molecule has 1 N–H and O–H groups in total. The van der Waals surface area contributed by atoms with Crippen LogP contribution in [0.25, 0.3) is 0 Å². The van der Waals surface area contributed by atoms with Gasteiger partial charge < -0.3 is 10.2 Å². The zero-order chi connectivity index (χ0) is 12.4. The Morgan fingerprint density at radius 3 is 2.47 bits per heavy atom. The van der Waals surface area contributed by atoms with Gasteiger partial charge in [-0.25, -0.2) is 0 Å². The average molecular weight is 238 g/mol. The molecule has 3 unspecified atom stereocenters. The van der Waals surface area contributed by atoms with E-state index in [9.17, 15) is 4.79 Å². The minimum Gasteiger partial charge on any atom is -0.343 e. The standard InChI is InChI=1S/C14H26N2O/c1-4-10(2)7-14(17)16(3)13-8-11-5-6-12(9-13)15-11/h10-13,15H,4-9H2,1-3H3. The molecule has 2 aliphatic heterocycles. The second-order valence-electron chi connectivity index (χ2n) is 5.99. The van der Waals surface area contributed by atoms with E-state index in [0.29, 0.717) is 36.4 Å². The number of amides is 1. The third-order valence-corrected chi connectivity index (χ3v) is 4.61. The van der Waals surface area contributed by atoms with Gasteiger partial charge in [0.15, 0.2) is 0 Å². The van der Waals surface area contributed by atoms with Crippen molar-refractivity contribution in [1.29, 1.82) is 0 Å². The molecule has 0 saturated carbocycles. The molecule has 2 fully saturated rings. The van der Waals surface area contributed by atoms with Crippen molar-refractivity contribution in [1.82, 2.24) is 10.2 Å². The monoisotopic (exact) mass is 238 g/mol. The van der Waals surface area contributed by atoms with E-state index >= 15 is 0 Å². The van der Waals surface area contributed by atoms with Crippen LogP contribution in [0.3, 0.4) is 0 Å². The predicted octanol–water partition coefficient (Wildman–Crippen LogP) is 2.16. The summed E-state index contributed by atoms with van der Waals surface area (Å²) < 4.78 is 0. The second kappa shape index (κ2) is 5.38. The fourth-order valence-electron chi connectivity index (χ4n) is 3.13. The molecule has 0 radical (unpaired) electrons. The van der Waals surface area contributed by atoms with E-state index < -0.39 is 0 Å². The van der Waals surface area contributed by atoms with Crippen LogP contribution in [0.5, 0.6) is 0 Å². The van der Waals surface area contributed by atoms with Gasteiger partial charge in [-0.2, -0.15) is 0 Å². The number of piperidine rings is 1. The molecular weight excluding hydrogens is 212 g/mol. The van der Waals surface area contributed by atoms with E-state index in [1.54, 1.807) is 0 Å². The Hall–Kier alpha value is -0.570. The normalized spacial score (nSPS) is 33.5. The SMILES string of the molecule is CCC(C)CC(=O)N(C)C1CC2CCC(C1)N2. The Morgan fingerprint density at radius 1 is 1.35 bits per heavy atom. The molecule has 0 spiro atoms. The zero-order valence-electron chi connectivity index (χ0n) is 11.4. The largest absolute Gasteiger partial charge is 0.343 e. The molecule has 2 heterocycles. The number of nitrogens with zero attached hydrogens (tertiary/aromatic N) is 1. The summed E-state index contributed by atoms with van der Waals surface area (Å²) in [4.78, 5) is 14.2. The number of carbonyl (C=O) groups is 1. The van der Waals surface area contributed by atoms with Gasteiger partial charge >= 0.3 is 0 Å². The summed E-state index contributed by atoms with van der Waals surface area (Å²) in [6, 6.07) is 1.81. The second-order valence-corrected chi connectivity index (χ2v) is 5.99. The molecule has 2 rings (SSSR count).